The van der Waals surface area contributed by atoms with Gasteiger partial charge in [-0.25, -0.2) is 0 Å². The molecule has 0 aliphatic rings. The summed E-state index contributed by atoms with van der Waals surface area (Å²) in [7, 11) is 4.18. The Balaban J connectivity index is 2.01. The minimum Gasteiger partial charge on any atom is -0.394 e. The van der Waals surface area contributed by atoms with Gasteiger partial charge in [0.25, 0.3) is 0 Å². The highest BCUT2D eigenvalue weighted by atomic mass is 16.3. The van der Waals surface area contributed by atoms with E-state index in [-0.39, 0.29) is 6.61 Å². The molecule has 5 heteroatoms. The molecule has 23 heavy (non-hydrogen) atoms. The molecule has 0 bridgehead atoms. The van der Waals surface area contributed by atoms with Crippen LogP contribution in [0.4, 0.5) is 0 Å². The van der Waals surface area contributed by atoms with E-state index >= 15 is 0 Å². The van der Waals surface area contributed by atoms with Crippen LogP contribution in [0, 0.1) is 13.8 Å². The monoisotopic (exact) mass is 316 g/mol. The highest BCUT2D eigenvalue weighted by Gasteiger charge is 2.11. The van der Waals surface area contributed by atoms with Gasteiger partial charge in [0.1, 0.15) is 0 Å². The maximum atomic E-state index is 9.09. The average molecular weight is 316 g/mol. The summed E-state index contributed by atoms with van der Waals surface area (Å²) in [4.78, 5) is 2.19. The summed E-state index contributed by atoms with van der Waals surface area (Å²) in [6, 6.07) is 8.55. The van der Waals surface area contributed by atoms with E-state index in [2.05, 4.69) is 60.6 Å². The Morgan fingerprint density at radius 2 is 1.83 bits per heavy atom. The van der Waals surface area contributed by atoms with Crippen molar-refractivity contribution in [1.82, 2.24) is 20.0 Å². The largest absolute Gasteiger partial charge is 0.394 e. The molecule has 5 nitrogen and oxygen atoms in total. The third-order valence-corrected chi connectivity index (χ3v) is 4.07. The van der Waals surface area contributed by atoms with E-state index in [0.29, 0.717) is 6.54 Å². The molecule has 0 fully saturated rings. The molecule has 0 amide bonds. The molecule has 0 spiro atoms. The second-order valence-electron chi connectivity index (χ2n) is 6.21. The Morgan fingerprint density at radius 3 is 2.48 bits per heavy atom. The maximum absolute atomic E-state index is 9.09. The summed E-state index contributed by atoms with van der Waals surface area (Å²) in [5.41, 5.74) is 6.08. The Kier molecular flexibility index (Phi) is 6.33. The quantitative estimate of drug-likeness (QED) is 0.780. The van der Waals surface area contributed by atoms with Crippen LogP contribution in [-0.4, -0.2) is 40.5 Å². The highest BCUT2D eigenvalue weighted by molar-refractivity contribution is 5.28. The van der Waals surface area contributed by atoms with Crippen molar-refractivity contribution in [2.24, 2.45) is 0 Å². The molecule has 0 saturated carbocycles. The van der Waals surface area contributed by atoms with Gasteiger partial charge in [-0.15, -0.1) is 0 Å². The number of aliphatic hydroxyl groups is 1. The standard InChI is InChI=1S/C18H28N4O/c1-14-18(15(2)22(20-14)9-10-23)12-19-11-16-7-5-6-8-17(16)13-21(3)4/h5-8,19,23H,9-13H2,1-4H3. The minimum absolute atomic E-state index is 0.118. The molecule has 1 heterocycles. The fraction of sp³-hybridized carbons (Fsp3) is 0.500. The summed E-state index contributed by atoms with van der Waals surface area (Å²) < 4.78 is 1.88. The highest BCUT2D eigenvalue weighted by Crippen LogP contribution is 2.14. The van der Waals surface area contributed by atoms with Gasteiger partial charge in [-0.05, 0) is 39.1 Å². The van der Waals surface area contributed by atoms with Crippen molar-refractivity contribution in [2.75, 3.05) is 20.7 Å². The van der Waals surface area contributed by atoms with Crippen LogP contribution in [0.25, 0.3) is 0 Å². The summed E-state index contributed by atoms with van der Waals surface area (Å²) >= 11 is 0. The molecular formula is C18H28N4O. The number of aliphatic hydroxyl groups excluding tert-OH is 1. The molecule has 2 N–H and O–H groups in total. The minimum atomic E-state index is 0.118. The lowest BCUT2D eigenvalue weighted by Crippen LogP contribution is -2.18. The van der Waals surface area contributed by atoms with Gasteiger partial charge < -0.3 is 15.3 Å². The smallest absolute Gasteiger partial charge is 0.0644 e. The first-order chi connectivity index (χ1) is 11.0. The first-order valence-corrected chi connectivity index (χ1v) is 8.09. The van der Waals surface area contributed by atoms with Crippen LogP contribution >= 0.6 is 0 Å². The molecule has 2 aromatic rings. The second-order valence-corrected chi connectivity index (χ2v) is 6.21. The third-order valence-electron chi connectivity index (χ3n) is 4.07. The van der Waals surface area contributed by atoms with Gasteiger partial charge in [0, 0.05) is 30.9 Å². The Morgan fingerprint density at radius 1 is 1.13 bits per heavy atom. The fourth-order valence-corrected chi connectivity index (χ4v) is 2.85. The van der Waals surface area contributed by atoms with Crippen molar-refractivity contribution in [3.63, 3.8) is 0 Å². The molecule has 126 valence electrons. The summed E-state index contributed by atoms with van der Waals surface area (Å²) in [6.45, 7) is 7.34. The zero-order valence-corrected chi connectivity index (χ0v) is 14.6. The molecule has 1 aromatic carbocycles. The molecular weight excluding hydrogens is 288 g/mol. The van der Waals surface area contributed by atoms with E-state index in [0.717, 1.165) is 31.0 Å². The van der Waals surface area contributed by atoms with E-state index in [1.807, 2.05) is 11.6 Å². The van der Waals surface area contributed by atoms with Crippen molar-refractivity contribution >= 4 is 0 Å². The van der Waals surface area contributed by atoms with Gasteiger partial charge in [-0.3, -0.25) is 4.68 Å². The topological polar surface area (TPSA) is 53.3 Å². The van der Waals surface area contributed by atoms with Gasteiger partial charge in [0.2, 0.25) is 0 Å². The number of nitrogens with one attached hydrogen (secondary N) is 1. The molecule has 2 rings (SSSR count). The zero-order chi connectivity index (χ0) is 16.8. The Hall–Kier alpha value is -1.69. The Labute approximate surface area is 138 Å². The lowest BCUT2D eigenvalue weighted by molar-refractivity contribution is 0.267. The normalized spacial score (nSPS) is 11.4. The van der Waals surface area contributed by atoms with Crippen molar-refractivity contribution < 1.29 is 5.11 Å². The van der Waals surface area contributed by atoms with Crippen LogP contribution in [0.5, 0.6) is 0 Å². The Bertz CT molecular complexity index is 634. The van der Waals surface area contributed by atoms with Crippen LogP contribution in [0.1, 0.15) is 28.1 Å². The van der Waals surface area contributed by atoms with Crippen LogP contribution in [0.15, 0.2) is 24.3 Å². The second kappa shape index (κ2) is 8.24. The molecule has 1 aromatic heterocycles. The molecule has 0 aliphatic heterocycles. The number of aryl methyl sites for hydroxylation is 1. The third kappa shape index (κ3) is 4.64. The van der Waals surface area contributed by atoms with E-state index in [1.54, 1.807) is 0 Å². The van der Waals surface area contributed by atoms with Gasteiger partial charge in [-0.1, -0.05) is 24.3 Å². The van der Waals surface area contributed by atoms with Crippen LogP contribution in [0.2, 0.25) is 0 Å². The number of benzene rings is 1. The predicted octanol–water partition coefficient (Wildman–Crippen LogP) is 1.84. The molecule has 0 saturated heterocycles. The first-order valence-electron chi connectivity index (χ1n) is 8.09. The van der Waals surface area contributed by atoms with Crippen molar-refractivity contribution in [1.29, 1.82) is 0 Å². The predicted molar refractivity (Wildman–Crippen MR) is 93.2 cm³/mol. The van der Waals surface area contributed by atoms with Gasteiger partial charge in [0.15, 0.2) is 0 Å². The summed E-state index contributed by atoms with van der Waals surface area (Å²) in [6.07, 6.45) is 0. The lowest BCUT2D eigenvalue weighted by atomic mass is 10.1. The van der Waals surface area contributed by atoms with Crippen molar-refractivity contribution in [3.8, 4) is 0 Å². The summed E-state index contributed by atoms with van der Waals surface area (Å²) in [5.74, 6) is 0. The van der Waals surface area contributed by atoms with E-state index < -0.39 is 0 Å². The van der Waals surface area contributed by atoms with Gasteiger partial charge in [0.05, 0.1) is 18.8 Å². The maximum Gasteiger partial charge on any atom is 0.0644 e. The number of rotatable bonds is 8. The van der Waals surface area contributed by atoms with E-state index in [1.165, 1.54) is 16.7 Å². The van der Waals surface area contributed by atoms with Crippen LogP contribution < -0.4 is 5.32 Å². The zero-order valence-electron chi connectivity index (χ0n) is 14.6. The lowest BCUT2D eigenvalue weighted by Gasteiger charge is -2.14. The fourth-order valence-electron chi connectivity index (χ4n) is 2.85. The number of aromatic nitrogens is 2. The van der Waals surface area contributed by atoms with Gasteiger partial charge >= 0.3 is 0 Å². The van der Waals surface area contributed by atoms with Crippen molar-refractivity contribution in [3.05, 3.63) is 52.3 Å². The summed E-state index contributed by atoms with van der Waals surface area (Å²) in [5, 5.41) is 17.1. The number of hydrogen-bond donors (Lipinski definition) is 2. The molecule has 0 unspecified atom stereocenters. The van der Waals surface area contributed by atoms with Crippen LogP contribution in [0.3, 0.4) is 0 Å². The van der Waals surface area contributed by atoms with E-state index in [9.17, 15) is 0 Å². The molecule has 0 atom stereocenters. The molecule has 0 radical (unpaired) electrons. The number of nitrogens with zero attached hydrogens (tertiary/aromatic N) is 3. The van der Waals surface area contributed by atoms with Gasteiger partial charge in [-0.2, -0.15) is 5.10 Å². The van der Waals surface area contributed by atoms with Crippen LogP contribution in [-0.2, 0) is 26.2 Å². The average Bonchev–Trinajstić information content (AvgIpc) is 2.76. The number of hydrogen-bond acceptors (Lipinski definition) is 4. The SMILES string of the molecule is Cc1nn(CCO)c(C)c1CNCc1ccccc1CN(C)C. The first kappa shape index (κ1) is 17.7. The molecule has 0 aliphatic carbocycles. The van der Waals surface area contributed by atoms with Crippen molar-refractivity contribution in [2.45, 2.75) is 40.0 Å². The van der Waals surface area contributed by atoms with E-state index in [4.69, 9.17) is 5.11 Å².